The number of hydrogen-bond donors (Lipinski definition) is 3. The zero-order valence-electron chi connectivity index (χ0n) is 15.2. The van der Waals surface area contributed by atoms with Crippen molar-refractivity contribution < 1.29 is 9.90 Å². The Morgan fingerprint density at radius 3 is 2.44 bits per heavy atom. The number of nitrogens with one attached hydrogen (secondary N) is 2. The average molecular weight is 345 g/mol. The van der Waals surface area contributed by atoms with Gasteiger partial charge in [-0.25, -0.2) is 4.79 Å². The summed E-state index contributed by atoms with van der Waals surface area (Å²) in [7, 11) is 0. The molecule has 0 radical (unpaired) electrons. The van der Waals surface area contributed by atoms with E-state index in [0.29, 0.717) is 6.04 Å². The number of piperidine rings is 1. The van der Waals surface area contributed by atoms with Crippen molar-refractivity contribution in [3.63, 3.8) is 0 Å². The first-order valence-corrected chi connectivity index (χ1v) is 9.63. The molecule has 2 unspecified atom stereocenters. The normalized spacial score (nSPS) is 30.6. The van der Waals surface area contributed by atoms with Gasteiger partial charge in [-0.2, -0.15) is 0 Å². The van der Waals surface area contributed by atoms with Gasteiger partial charge in [-0.05, 0) is 51.0 Å². The van der Waals surface area contributed by atoms with Crippen molar-refractivity contribution in [2.45, 2.75) is 76.2 Å². The van der Waals surface area contributed by atoms with E-state index in [1.165, 1.54) is 5.56 Å². The first-order chi connectivity index (χ1) is 12.1. The minimum absolute atomic E-state index is 0.0462. The summed E-state index contributed by atoms with van der Waals surface area (Å²) in [5, 5.41) is 15.8. The van der Waals surface area contributed by atoms with Crippen molar-refractivity contribution >= 4 is 6.03 Å². The van der Waals surface area contributed by atoms with Crippen LogP contribution in [0.5, 0.6) is 0 Å². The lowest BCUT2D eigenvalue weighted by atomic mass is 9.93. The van der Waals surface area contributed by atoms with E-state index in [1.807, 2.05) is 0 Å². The van der Waals surface area contributed by atoms with E-state index in [2.05, 4.69) is 52.8 Å². The van der Waals surface area contributed by atoms with Crippen LogP contribution >= 0.6 is 0 Å². The number of nitrogens with zero attached hydrogens (tertiary/aromatic N) is 1. The van der Waals surface area contributed by atoms with E-state index < -0.39 is 0 Å². The van der Waals surface area contributed by atoms with Crippen LogP contribution in [0.4, 0.5) is 4.79 Å². The van der Waals surface area contributed by atoms with E-state index in [9.17, 15) is 9.90 Å². The molecule has 1 aromatic carbocycles. The summed E-state index contributed by atoms with van der Waals surface area (Å²) in [6, 6.07) is 11.4. The van der Waals surface area contributed by atoms with E-state index in [4.69, 9.17) is 0 Å². The number of amides is 2. The fraction of sp³-hybridized carbons (Fsp3) is 0.650. The lowest BCUT2D eigenvalue weighted by molar-refractivity contribution is 0.115. The van der Waals surface area contributed by atoms with Gasteiger partial charge in [0.15, 0.2) is 0 Å². The quantitative estimate of drug-likeness (QED) is 0.786. The highest BCUT2D eigenvalue weighted by atomic mass is 16.3. The van der Waals surface area contributed by atoms with Crippen LogP contribution in [0.15, 0.2) is 30.3 Å². The molecule has 1 saturated carbocycles. The first-order valence-electron chi connectivity index (χ1n) is 9.63. The average Bonchev–Trinajstić information content (AvgIpc) is 2.60. The van der Waals surface area contributed by atoms with Crippen molar-refractivity contribution in [3.8, 4) is 0 Å². The van der Waals surface area contributed by atoms with Crippen LogP contribution in [0.3, 0.4) is 0 Å². The third-order valence-electron chi connectivity index (χ3n) is 5.61. The van der Waals surface area contributed by atoms with Crippen LogP contribution in [0, 0.1) is 0 Å². The van der Waals surface area contributed by atoms with Crippen LogP contribution < -0.4 is 10.6 Å². The van der Waals surface area contributed by atoms with Gasteiger partial charge >= 0.3 is 6.03 Å². The van der Waals surface area contributed by atoms with Crippen molar-refractivity contribution in [3.05, 3.63) is 35.9 Å². The van der Waals surface area contributed by atoms with Gasteiger partial charge in [0.25, 0.3) is 0 Å². The number of likely N-dealkylation sites (tertiary alicyclic amines) is 1. The number of rotatable bonds is 4. The lowest BCUT2D eigenvalue weighted by Gasteiger charge is -2.38. The van der Waals surface area contributed by atoms with E-state index in [0.717, 1.165) is 51.6 Å². The highest BCUT2D eigenvalue weighted by molar-refractivity contribution is 5.74. The molecule has 1 saturated heterocycles. The summed E-state index contributed by atoms with van der Waals surface area (Å²) in [5.41, 5.74) is 1.35. The Morgan fingerprint density at radius 2 is 1.76 bits per heavy atom. The number of urea groups is 1. The van der Waals surface area contributed by atoms with Gasteiger partial charge < -0.3 is 15.7 Å². The third-order valence-corrected chi connectivity index (χ3v) is 5.61. The maximum Gasteiger partial charge on any atom is 0.315 e. The second kappa shape index (κ2) is 8.68. The number of carbonyl (C=O) groups excluding carboxylic acids is 1. The molecule has 3 rings (SSSR count). The monoisotopic (exact) mass is 345 g/mol. The molecule has 2 fully saturated rings. The minimum Gasteiger partial charge on any atom is -0.393 e. The van der Waals surface area contributed by atoms with Gasteiger partial charge in [-0.15, -0.1) is 0 Å². The Morgan fingerprint density at radius 1 is 1.08 bits per heavy atom. The Bertz CT molecular complexity index is 543. The smallest absolute Gasteiger partial charge is 0.315 e. The van der Waals surface area contributed by atoms with Crippen LogP contribution in [-0.2, 0) is 6.54 Å². The molecular weight excluding hydrogens is 314 g/mol. The fourth-order valence-electron chi connectivity index (χ4n) is 4.04. The number of benzene rings is 1. The first kappa shape index (κ1) is 18.2. The van der Waals surface area contributed by atoms with Gasteiger partial charge in [-0.1, -0.05) is 30.3 Å². The predicted molar refractivity (Wildman–Crippen MR) is 99.3 cm³/mol. The molecular formula is C20H31N3O2. The van der Waals surface area contributed by atoms with Crippen molar-refractivity contribution in [1.29, 1.82) is 0 Å². The Kier molecular flexibility index (Phi) is 6.32. The largest absolute Gasteiger partial charge is 0.393 e. The van der Waals surface area contributed by atoms with E-state index >= 15 is 0 Å². The third kappa shape index (κ3) is 5.44. The Hall–Kier alpha value is -1.59. The van der Waals surface area contributed by atoms with Crippen LogP contribution in [-0.4, -0.2) is 46.8 Å². The molecule has 1 aromatic rings. The number of carbonyl (C=O) groups is 1. The molecule has 25 heavy (non-hydrogen) atoms. The van der Waals surface area contributed by atoms with Gasteiger partial charge in [0.05, 0.1) is 6.10 Å². The van der Waals surface area contributed by atoms with Gasteiger partial charge in [0.2, 0.25) is 0 Å². The topological polar surface area (TPSA) is 64.6 Å². The minimum atomic E-state index is -0.184. The molecule has 138 valence electrons. The molecule has 0 aromatic heterocycles. The summed E-state index contributed by atoms with van der Waals surface area (Å²) in [4.78, 5) is 14.7. The summed E-state index contributed by atoms with van der Waals surface area (Å²) in [6.45, 7) is 4.24. The second-order valence-electron chi connectivity index (χ2n) is 7.65. The zero-order valence-corrected chi connectivity index (χ0v) is 15.2. The molecule has 0 bridgehead atoms. The maximum atomic E-state index is 12.2. The molecule has 2 atom stereocenters. The van der Waals surface area contributed by atoms with Gasteiger partial charge in [0, 0.05) is 31.2 Å². The Balaban J connectivity index is 1.41. The molecule has 3 N–H and O–H groups in total. The molecule has 2 aliphatic rings. The number of aliphatic hydroxyl groups excluding tert-OH is 1. The molecule has 5 nitrogen and oxygen atoms in total. The van der Waals surface area contributed by atoms with E-state index in [-0.39, 0.29) is 24.2 Å². The van der Waals surface area contributed by atoms with Crippen molar-refractivity contribution in [2.24, 2.45) is 0 Å². The fourth-order valence-corrected chi connectivity index (χ4v) is 4.04. The van der Waals surface area contributed by atoms with Crippen LogP contribution in [0.25, 0.3) is 0 Å². The standard InChI is InChI=1S/C20H31N3O2/c1-15-13-18(11-12-23(15)14-16-5-3-2-4-6-16)22-20(25)21-17-7-9-19(24)10-8-17/h2-6,15,17-19,24H,7-14H2,1H3,(H2,21,22,25). The van der Waals surface area contributed by atoms with Crippen molar-refractivity contribution in [1.82, 2.24) is 15.5 Å². The molecule has 1 heterocycles. The molecule has 0 spiro atoms. The summed E-state index contributed by atoms with van der Waals surface area (Å²) < 4.78 is 0. The maximum absolute atomic E-state index is 12.2. The molecule has 1 aliphatic heterocycles. The number of hydrogen-bond acceptors (Lipinski definition) is 3. The van der Waals surface area contributed by atoms with Crippen LogP contribution in [0.2, 0.25) is 0 Å². The Labute approximate surface area is 150 Å². The number of aliphatic hydroxyl groups is 1. The molecule has 1 aliphatic carbocycles. The second-order valence-corrected chi connectivity index (χ2v) is 7.65. The van der Waals surface area contributed by atoms with Gasteiger partial charge in [-0.3, -0.25) is 4.90 Å². The summed E-state index contributed by atoms with van der Waals surface area (Å²) in [6.07, 6.45) is 5.13. The molecule has 5 heteroatoms. The summed E-state index contributed by atoms with van der Waals surface area (Å²) >= 11 is 0. The van der Waals surface area contributed by atoms with E-state index in [1.54, 1.807) is 0 Å². The summed E-state index contributed by atoms with van der Waals surface area (Å²) in [5.74, 6) is 0. The zero-order chi connectivity index (χ0) is 17.6. The predicted octanol–water partition coefficient (Wildman–Crippen LogP) is 2.64. The highest BCUT2D eigenvalue weighted by Crippen LogP contribution is 2.21. The highest BCUT2D eigenvalue weighted by Gasteiger charge is 2.27. The molecule has 2 amide bonds. The van der Waals surface area contributed by atoms with Crippen molar-refractivity contribution in [2.75, 3.05) is 6.54 Å². The lowest BCUT2D eigenvalue weighted by Crippen LogP contribution is -2.52. The van der Waals surface area contributed by atoms with Crippen LogP contribution in [0.1, 0.15) is 51.0 Å². The SMILES string of the molecule is CC1CC(NC(=O)NC2CCC(O)CC2)CCN1Cc1ccccc1. The van der Waals surface area contributed by atoms with Gasteiger partial charge in [0.1, 0.15) is 0 Å².